The van der Waals surface area contributed by atoms with Gasteiger partial charge in [0.15, 0.2) is 8.32 Å². The van der Waals surface area contributed by atoms with E-state index in [4.69, 9.17) is 4.43 Å². The summed E-state index contributed by atoms with van der Waals surface area (Å²) >= 11 is 0. The fourth-order valence-corrected chi connectivity index (χ4v) is 8.05. The maximum atomic E-state index is 6.28. The lowest BCUT2D eigenvalue weighted by atomic mass is 10.7. The predicted molar refractivity (Wildman–Crippen MR) is 89.5 cm³/mol. The van der Waals surface area contributed by atoms with E-state index in [-0.39, 0.29) is 0 Å². The van der Waals surface area contributed by atoms with Crippen molar-refractivity contribution in [2.45, 2.75) is 77.8 Å². The van der Waals surface area contributed by atoms with E-state index in [0.29, 0.717) is 0 Å². The van der Waals surface area contributed by atoms with E-state index in [1.54, 1.807) is 0 Å². The van der Waals surface area contributed by atoms with E-state index in [9.17, 15) is 0 Å². The van der Waals surface area contributed by atoms with Gasteiger partial charge in [0.25, 0.3) is 0 Å². The normalized spacial score (nSPS) is 13.4. The average Bonchev–Trinajstić information content (AvgIpc) is 2.45. The van der Waals surface area contributed by atoms with Crippen LogP contribution in [0.1, 0.15) is 41.5 Å². The Kier molecular flexibility index (Phi) is 9.17. The topological polar surface area (TPSA) is 9.23 Å². The Morgan fingerprint density at radius 3 is 1.50 bits per heavy atom. The average molecular weight is 287 g/mol. The Morgan fingerprint density at radius 1 is 0.722 bits per heavy atom. The lowest BCUT2D eigenvalue weighted by Gasteiger charge is -2.28. The predicted octanol–water partition coefficient (Wildman–Crippen LogP) is 5.61. The lowest BCUT2D eigenvalue weighted by Crippen LogP contribution is -2.36. The zero-order chi connectivity index (χ0) is 14.1. The summed E-state index contributed by atoms with van der Waals surface area (Å²) in [7, 11) is -2.47. The molecule has 0 bridgehead atoms. The van der Waals surface area contributed by atoms with Gasteiger partial charge in [0.1, 0.15) is 0 Å². The van der Waals surface area contributed by atoms with Crippen molar-refractivity contribution in [3.8, 4) is 0 Å². The monoisotopic (exact) mass is 286 g/mol. The van der Waals surface area contributed by atoms with Crippen molar-refractivity contribution >= 4 is 16.4 Å². The van der Waals surface area contributed by atoms with Crippen LogP contribution in [-0.2, 0) is 4.43 Å². The van der Waals surface area contributed by atoms with Gasteiger partial charge in [0.05, 0.1) is 14.7 Å². The standard InChI is InChI=1S/C15H34OSi2/c1-7-17(8-2,9-3)15-13-14-16-18(10-4,11-5)12-6/h13,15H,7-12,14H2,1-6H3/b15-13+. The first-order valence-corrected chi connectivity index (χ1v) is 13.1. The van der Waals surface area contributed by atoms with Crippen molar-refractivity contribution in [3.63, 3.8) is 0 Å². The van der Waals surface area contributed by atoms with E-state index < -0.39 is 16.4 Å². The zero-order valence-electron chi connectivity index (χ0n) is 13.5. The van der Waals surface area contributed by atoms with Crippen LogP contribution in [0.25, 0.3) is 0 Å². The van der Waals surface area contributed by atoms with Crippen molar-refractivity contribution in [2.24, 2.45) is 0 Å². The molecule has 0 saturated heterocycles. The molecule has 1 nitrogen and oxygen atoms in total. The van der Waals surface area contributed by atoms with Gasteiger partial charge in [-0.1, -0.05) is 71.5 Å². The van der Waals surface area contributed by atoms with E-state index in [1.165, 1.54) is 36.3 Å². The molecule has 0 aliphatic rings. The van der Waals surface area contributed by atoms with Crippen molar-refractivity contribution in [2.75, 3.05) is 6.61 Å². The third-order valence-electron chi connectivity index (χ3n) is 5.00. The second kappa shape index (κ2) is 9.10. The Labute approximate surface area is 117 Å². The van der Waals surface area contributed by atoms with Gasteiger partial charge < -0.3 is 4.43 Å². The molecule has 0 aromatic heterocycles. The van der Waals surface area contributed by atoms with Gasteiger partial charge in [-0.2, -0.15) is 0 Å². The summed E-state index contributed by atoms with van der Waals surface area (Å²) in [6.45, 7) is 14.8. The molecule has 108 valence electrons. The summed E-state index contributed by atoms with van der Waals surface area (Å²) in [5.41, 5.74) is 2.55. The summed E-state index contributed by atoms with van der Waals surface area (Å²) in [5.74, 6) is 0. The molecule has 0 heterocycles. The first kappa shape index (κ1) is 18.1. The fraction of sp³-hybridized carbons (Fsp3) is 0.867. The van der Waals surface area contributed by atoms with Crippen LogP contribution in [0.4, 0.5) is 0 Å². The summed E-state index contributed by atoms with van der Waals surface area (Å²) in [6, 6.07) is 7.88. The van der Waals surface area contributed by atoms with Gasteiger partial charge in [-0.3, -0.25) is 0 Å². The molecule has 0 atom stereocenters. The van der Waals surface area contributed by atoms with Crippen LogP contribution in [0, 0.1) is 0 Å². The molecule has 0 aromatic carbocycles. The van der Waals surface area contributed by atoms with Gasteiger partial charge in [-0.15, -0.1) is 0 Å². The van der Waals surface area contributed by atoms with Crippen LogP contribution in [0.5, 0.6) is 0 Å². The molecule has 0 N–H and O–H groups in total. The highest BCUT2D eigenvalue weighted by Gasteiger charge is 2.28. The van der Waals surface area contributed by atoms with Crippen LogP contribution in [0.2, 0.25) is 36.3 Å². The molecular formula is C15H34OSi2. The Morgan fingerprint density at radius 2 is 1.17 bits per heavy atom. The fourth-order valence-electron chi connectivity index (χ4n) is 2.68. The van der Waals surface area contributed by atoms with Crippen LogP contribution in [0.3, 0.4) is 0 Å². The van der Waals surface area contributed by atoms with Gasteiger partial charge in [-0.25, -0.2) is 0 Å². The molecule has 0 fully saturated rings. The Bertz CT molecular complexity index is 214. The maximum Gasteiger partial charge on any atom is 0.192 e. The van der Waals surface area contributed by atoms with E-state index in [1.807, 2.05) is 0 Å². The lowest BCUT2D eigenvalue weighted by molar-refractivity contribution is 0.343. The smallest absolute Gasteiger partial charge is 0.192 e. The van der Waals surface area contributed by atoms with E-state index in [2.05, 4.69) is 53.3 Å². The highest BCUT2D eigenvalue weighted by Crippen LogP contribution is 2.23. The Balaban J connectivity index is 4.40. The van der Waals surface area contributed by atoms with Gasteiger partial charge in [0, 0.05) is 0 Å². The zero-order valence-corrected chi connectivity index (χ0v) is 15.5. The molecular weight excluding hydrogens is 252 g/mol. The summed E-state index contributed by atoms with van der Waals surface area (Å²) in [6.07, 6.45) is 2.34. The number of hydrogen-bond acceptors (Lipinski definition) is 1. The van der Waals surface area contributed by atoms with E-state index >= 15 is 0 Å². The number of hydrogen-bond donors (Lipinski definition) is 0. The van der Waals surface area contributed by atoms with Crippen LogP contribution in [-0.4, -0.2) is 23.0 Å². The quantitative estimate of drug-likeness (QED) is 0.474. The van der Waals surface area contributed by atoms with Gasteiger partial charge in [0.2, 0.25) is 0 Å². The molecule has 0 saturated carbocycles. The third kappa shape index (κ3) is 5.02. The molecule has 0 spiro atoms. The highest BCUT2D eigenvalue weighted by atomic mass is 28.4. The minimum atomic E-state index is -1.38. The van der Waals surface area contributed by atoms with Gasteiger partial charge in [-0.05, 0) is 18.1 Å². The Hall–Kier alpha value is 0.134. The number of rotatable bonds is 10. The molecule has 0 rings (SSSR count). The summed E-state index contributed by atoms with van der Waals surface area (Å²) in [4.78, 5) is 0. The first-order chi connectivity index (χ1) is 8.57. The molecule has 0 aliphatic carbocycles. The molecule has 0 aliphatic heterocycles. The van der Waals surface area contributed by atoms with Gasteiger partial charge >= 0.3 is 0 Å². The molecule has 3 heteroatoms. The highest BCUT2D eigenvalue weighted by molar-refractivity contribution is 6.84. The van der Waals surface area contributed by atoms with E-state index in [0.717, 1.165) is 6.61 Å². The molecule has 0 unspecified atom stereocenters. The van der Waals surface area contributed by atoms with Crippen molar-refractivity contribution in [1.82, 2.24) is 0 Å². The first-order valence-electron chi connectivity index (χ1n) is 7.89. The second-order valence-corrected chi connectivity index (χ2v) is 15.3. The molecule has 18 heavy (non-hydrogen) atoms. The van der Waals surface area contributed by atoms with Crippen LogP contribution < -0.4 is 0 Å². The minimum Gasteiger partial charge on any atom is -0.413 e. The van der Waals surface area contributed by atoms with Crippen molar-refractivity contribution < 1.29 is 4.43 Å². The largest absolute Gasteiger partial charge is 0.413 e. The second-order valence-electron chi connectivity index (χ2n) is 5.38. The third-order valence-corrected chi connectivity index (χ3v) is 14.8. The minimum absolute atomic E-state index is 0.858. The van der Waals surface area contributed by atoms with Crippen LogP contribution >= 0.6 is 0 Å². The molecule has 0 amide bonds. The SMILES string of the molecule is CC[Si](/C=C/CO[Si](CC)(CC)CC)(CC)CC. The van der Waals surface area contributed by atoms with Crippen LogP contribution in [0.15, 0.2) is 11.8 Å². The molecule has 0 radical (unpaired) electrons. The maximum absolute atomic E-state index is 6.28. The molecule has 0 aromatic rings. The summed E-state index contributed by atoms with van der Waals surface area (Å²) < 4.78 is 6.28. The van der Waals surface area contributed by atoms with Crippen molar-refractivity contribution in [1.29, 1.82) is 0 Å². The van der Waals surface area contributed by atoms with Crippen molar-refractivity contribution in [3.05, 3.63) is 11.8 Å². The summed E-state index contributed by atoms with van der Waals surface area (Å²) in [5, 5.41) is 0.